The minimum atomic E-state index is -6.73. The van der Waals surface area contributed by atoms with Crippen LogP contribution < -0.4 is 0 Å². The quantitative estimate of drug-likeness (QED) is 0.601. The molecule has 0 rings (SSSR count). The number of carbonyl (C=O) groups is 1. The van der Waals surface area contributed by atoms with Gasteiger partial charge in [-0.25, -0.2) is 9.18 Å². The van der Waals surface area contributed by atoms with E-state index < -0.39 is 48.0 Å². The van der Waals surface area contributed by atoms with Gasteiger partial charge in [0.25, 0.3) is 0 Å². The Labute approximate surface area is 105 Å². The summed E-state index contributed by atoms with van der Waals surface area (Å²) in [6.45, 7) is -2.94. The summed E-state index contributed by atoms with van der Waals surface area (Å²) in [6, 6.07) is 0. The van der Waals surface area contributed by atoms with Crippen molar-refractivity contribution in [2.24, 2.45) is 0 Å². The molecule has 0 saturated heterocycles. The van der Waals surface area contributed by atoms with Crippen LogP contribution in [0.4, 0.5) is 39.5 Å². The van der Waals surface area contributed by atoms with Gasteiger partial charge < -0.3 is 5.11 Å². The summed E-state index contributed by atoms with van der Waals surface area (Å²) < 4.78 is 114. The van der Waals surface area contributed by atoms with Crippen LogP contribution in [0.5, 0.6) is 0 Å². The summed E-state index contributed by atoms with van der Waals surface area (Å²) in [6.07, 6.45) is -1.10. The summed E-state index contributed by atoms with van der Waals surface area (Å²) in [5.41, 5.74) is -1.48. The maximum atomic E-state index is 12.9. The first-order chi connectivity index (χ1) is 8.64. The lowest BCUT2D eigenvalue weighted by Crippen LogP contribution is -2.62. The Morgan fingerprint density at radius 2 is 1.40 bits per heavy atom. The Kier molecular flexibility index (Phi) is 4.80. The van der Waals surface area contributed by atoms with E-state index in [2.05, 4.69) is 0 Å². The number of halogens is 9. The number of hydrogen-bond donors (Lipinski definition) is 1. The Balaban J connectivity index is 5.85. The number of rotatable bonds is 6. The Morgan fingerprint density at radius 3 is 1.70 bits per heavy atom. The van der Waals surface area contributed by atoms with E-state index in [9.17, 15) is 44.3 Å². The average molecular weight is 318 g/mol. The molecule has 0 heterocycles. The minimum Gasteiger partial charge on any atom is -0.478 e. The van der Waals surface area contributed by atoms with Crippen molar-refractivity contribution in [2.75, 3.05) is 6.67 Å². The second-order valence-electron chi connectivity index (χ2n) is 3.74. The molecule has 0 aromatic heterocycles. The molecule has 0 aliphatic rings. The fourth-order valence-electron chi connectivity index (χ4n) is 0.947. The van der Waals surface area contributed by atoms with E-state index in [0.29, 0.717) is 6.92 Å². The maximum Gasteiger partial charge on any atom is 0.382 e. The topological polar surface area (TPSA) is 37.3 Å². The highest BCUT2D eigenvalue weighted by molar-refractivity contribution is 5.86. The van der Waals surface area contributed by atoms with Gasteiger partial charge in [0.2, 0.25) is 0 Å². The lowest BCUT2D eigenvalue weighted by Gasteiger charge is -2.34. The van der Waals surface area contributed by atoms with E-state index in [0.717, 1.165) is 0 Å². The molecule has 0 aromatic rings. The van der Waals surface area contributed by atoms with Crippen molar-refractivity contribution in [3.05, 3.63) is 11.6 Å². The molecule has 0 amide bonds. The lowest BCUT2D eigenvalue weighted by atomic mass is 9.97. The van der Waals surface area contributed by atoms with Crippen LogP contribution >= 0.6 is 0 Å². The molecule has 0 fully saturated rings. The maximum absolute atomic E-state index is 12.9. The molecule has 0 saturated carbocycles. The van der Waals surface area contributed by atoms with Crippen molar-refractivity contribution in [2.45, 2.75) is 30.6 Å². The van der Waals surface area contributed by atoms with Gasteiger partial charge in [-0.05, 0) is 6.92 Å². The normalized spacial score (nSPS) is 15.4. The van der Waals surface area contributed by atoms with E-state index in [4.69, 9.17) is 5.11 Å². The summed E-state index contributed by atoms with van der Waals surface area (Å²) in [5, 5.41) is 8.18. The van der Waals surface area contributed by atoms with Crippen LogP contribution in [-0.2, 0) is 4.79 Å². The van der Waals surface area contributed by atoms with Crippen molar-refractivity contribution >= 4 is 5.97 Å². The van der Waals surface area contributed by atoms with E-state index >= 15 is 0 Å². The molecular formula is C9H7F9O2. The van der Waals surface area contributed by atoms with E-state index in [-0.39, 0.29) is 0 Å². The van der Waals surface area contributed by atoms with Crippen LogP contribution in [0.25, 0.3) is 0 Å². The van der Waals surface area contributed by atoms with Crippen LogP contribution in [0.15, 0.2) is 11.6 Å². The van der Waals surface area contributed by atoms with Gasteiger partial charge in [-0.15, -0.1) is 0 Å². The first kappa shape index (κ1) is 18.6. The highest BCUT2D eigenvalue weighted by Crippen LogP contribution is 2.53. The van der Waals surface area contributed by atoms with E-state index in [1.807, 2.05) is 0 Å². The third-order valence-corrected chi connectivity index (χ3v) is 2.18. The van der Waals surface area contributed by atoms with Gasteiger partial charge in [0.05, 0.1) is 0 Å². The van der Waals surface area contributed by atoms with Crippen LogP contribution in [0.2, 0.25) is 0 Å². The van der Waals surface area contributed by atoms with Gasteiger partial charge in [0, 0.05) is 11.6 Å². The molecule has 0 spiro atoms. The molecule has 1 N–H and O–H groups in total. The molecule has 0 atom stereocenters. The van der Waals surface area contributed by atoms with Gasteiger partial charge in [-0.2, -0.15) is 35.1 Å². The molecule has 0 aliphatic heterocycles. The summed E-state index contributed by atoms with van der Waals surface area (Å²) >= 11 is 0. The lowest BCUT2D eigenvalue weighted by molar-refractivity contribution is -0.357. The van der Waals surface area contributed by atoms with Crippen molar-refractivity contribution in [1.82, 2.24) is 0 Å². The highest BCUT2D eigenvalue weighted by atomic mass is 19.4. The summed E-state index contributed by atoms with van der Waals surface area (Å²) in [7, 11) is 0. The number of aliphatic carboxylic acids is 1. The van der Waals surface area contributed by atoms with Gasteiger partial charge in [-0.3, -0.25) is 0 Å². The standard InChI is InChI=1S/C9H7F9O2/c1-4(5(19)20)2-6(11,12)8(15,16)9(17,18)7(13,14)3-10/h2H,3H2,1H3,(H,19,20). The molecule has 0 unspecified atom stereocenters. The monoisotopic (exact) mass is 318 g/mol. The zero-order chi connectivity index (χ0) is 16.6. The number of carboxylic acids is 1. The third kappa shape index (κ3) is 2.85. The van der Waals surface area contributed by atoms with Crippen molar-refractivity contribution in [1.29, 1.82) is 0 Å². The number of alkyl halides is 9. The molecule has 0 bridgehead atoms. The van der Waals surface area contributed by atoms with Crippen LogP contribution in [0.3, 0.4) is 0 Å². The van der Waals surface area contributed by atoms with Gasteiger partial charge in [0.15, 0.2) is 6.67 Å². The van der Waals surface area contributed by atoms with Crippen LogP contribution in [0.1, 0.15) is 6.92 Å². The predicted octanol–water partition coefficient (Wildman–Crippen LogP) is 3.53. The van der Waals surface area contributed by atoms with Crippen LogP contribution in [0, 0.1) is 0 Å². The van der Waals surface area contributed by atoms with Gasteiger partial charge in [0.1, 0.15) is 0 Å². The first-order valence-corrected chi connectivity index (χ1v) is 4.64. The summed E-state index contributed by atoms with van der Waals surface area (Å²) in [4.78, 5) is 10.2. The van der Waals surface area contributed by atoms with Gasteiger partial charge in [-0.1, -0.05) is 0 Å². The predicted molar refractivity (Wildman–Crippen MR) is 47.2 cm³/mol. The molecule has 0 radical (unpaired) electrons. The number of allylic oxidation sites excluding steroid dienone is 1. The molecule has 2 nitrogen and oxygen atoms in total. The number of hydrogen-bond acceptors (Lipinski definition) is 1. The Morgan fingerprint density at radius 1 is 1.00 bits per heavy atom. The first-order valence-electron chi connectivity index (χ1n) is 4.64. The highest BCUT2D eigenvalue weighted by Gasteiger charge is 2.80. The zero-order valence-corrected chi connectivity index (χ0v) is 9.54. The minimum absolute atomic E-state index is 0.359. The van der Waals surface area contributed by atoms with Crippen molar-refractivity contribution in [3.63, 3.8) is 0 Å². The SMILES string of the molecule is CC(=CC(F)(F)C(F)(F)C(F)(F)C(F)(F)CF)C(=O)O. The third-order valence-electron chi connectivity index (χ3n) is 2.18. The smallest absolute Gasteiger partial charge is 0.382 e. The largest absolute Gasteiger partial charge is 0.478 e. The Bertz CT molecular complexity index is 414. The molecule has 0 aromatic carbocycles. The fourth-order valence-corrected chi connectivity index (χ4v) is 0.947. The number of carboxylic acid groups (broad SMARTS) is 1. The zero-order valence-electron chi connectivity index (χ0n) is 9.54. The molecule has 11 heteroatoms. The van der Waals surface area contributed by atoms with Crippen LogP contribution in [-0.4, -0.2) is 41.4 Å². The van der Waals surface area contributed by atoms with Gasteiger partial charge >= 0.3 is 29.7 Å². The second-order valence-corrected chi connectivity index (χ2v) is 3.74. The van der Waals surface area contributed by atoms with Crippen molar-refractivity contribution in [3.8, 4) is 0 Å². The van der Waals surface area contributed by atoms with E-state index in [1.165, 1.54) is 0 Å². The fraction of sp³-hybridized carbons (Fsp3) is 0.667. The van der Waals surface area contributed by atoms with Crippen molar-refractivity contribution < 1.29 is 49.4 Å². The summed E-state index contributed by atoms with van der Waals surface area (Å²) in [5.74, 6) is -27.6. The molecule has 20 heavy (non-hydrogen) atoms. The molecule has 0 aliphatic carbocycles. The molecule has 118 valence electrons. The van der Waals surface area contributed by atoms with E-state index in [1.54, 1.807) is 0 Å². The average Bonchev–Trinajstić information content (AvgIpc) is 2.27. The Hall–Kier alpha value is -1.42. The molecular weight excluding hydrogens is 311 g/mol. The second kappa shape index (κ2) is 5.17.